The van der Waals surface area contributed by atoms with E-state index in [1.807, 2.05) is 0 Å². The highest BCUT2D eigenvalue weighted by atomic mass is 19.4. The van der Waals surface area contributed by atoms with E-state index < -0.39 is 35.4 Å². The summed E-state index contributed by atoms with van der Waals surface area (Å²) in [6.07, 6.45) is -3.59. The molecule has 0 spiro atoms. The summed E-state index contributed by atoms with van der Waals surface area (Å²) in [6, 6.07) is 6.79. The fourth-order valence-corrected chi connectivity index (χ4v) is 3.12. The zero-order valence-electron chi connectivity index (χ0n) is 19.5. The van der Waals surface area contributed by atoms with Gasteiger partial charge in [0, 0.05) is 18.0 Å². The summed E-state index contributed by atoms with van der Waals surface area (Å²) >= 11 is 0. The minimum absolute atomic E-state index is 0.0786. The standard InChI is InChI=1S/C24H20F4N2O6/c1-12-7-15(25)21(22(31)30-16-10-17(23(32)34-4)29-11-13(16)2)20(8-12)35-18-6-5-14(9-19(18)33-3)36-24(26,27)28/h5-11H,1-4H3,(H,29,30,31). The number of ether oxygens (including phenoxy) is 4. The van der Waals surface area contributed by atoms with Crippen LogP contribution in [0.25, 0.3) is 0 Å². The number of amides is 1. The zero-order chi connectivity index (χ0) is 26.6. The van der Waals surface area contributed by atoms with Crippen LogP contribution in [0.1, 0.15) is 32.0 Å². The van der Waals surface area contributed by atoms with E-state index in [1.54, 1.807) is 13.8 Å². The van der Waals surface area contributed by atoms with Crippen LogP contribution in [0.2, 0.25) is 0 Å². The van der Waals surface area contributed by atoms with E-state index in [9.17, 15) is 27.2 Å². The molecular formula is C24H20F4N2O6. The van der Waals surface area contributed by atoms with E-state index in [-0.39, 0.29) is 28.6 Å². The van der Waals surface area contributed by atoms with Gasteiger partial charge in [0.2, 0.25) is 0 Å². The molecule has 0 saturated carbocycles. The second-order valence-electron chi connectivity index (χ2n) is 7.41. The minimum atomic E-state index is -4.92. The van der Waals surface area contributed by atoms with Crippen molar-refractivity contribution < 1.29 is 46.1 Å². The molecule has 3 aromatic rings. The van der Waals surface area contributed by atoms with E-state index in [0.29, 0.717) is 11.1 Å². The molecule has 1 N–H and O–H groups in total. The van der Waals surface area contributed by atoms with Gasteiger partial charge in [0.25, 0.3) is 5.91 Å². The number of hydrogen-bond donors (Lipinski definition) is 1. The summed E-state index contributed by atoms with van der Waals surface area (Å²) in [4.78, 5) is 28.8. The summed E-state index contributed by atoms with van der Waals surface area (Å²) in [6.45, 7) is 3.17. The highest BCUT2D eigenvalue weighted by Gasteiger charge is 2.31. The molecular weight excluding hydrogens is 488 g/mol. The molecule has 12 heteroatoms. The van der Waals surface area contributed by atoms with Crippen molar-refractivity contribution in [2.24, 2.45) is 0 Å². The summed E-state index contributed by atoms with van der Waals surface area (Å²) in [5.41, 5.74) is 0.489. The number of rotatable bonds is 7. The van der Waals surface area contributed by atoms with Gasteiger partial charge in [-0.1, -0.05) is 0 Å². The van der Waals surface area contributed by atoms with E-state index in [1.165, 1.54) is 32.5 Å². The molecule has 36 heavy (non-hydrogen) atoms. The average molecular weight is 508 g/mol. The monoisotopic (exact) mass is 508 g/mol. The van der Waals surface area contributed by atoms with Crippen molar-refractivity contribution in [2.45, 2.75) is 20.2 Å². The average Bonchev–Trinajstić information content (AvgIpc) is 2.79. The zero-order valence-corrected chi connectivity index (χ0v) is 19.5. The Kier molecular flexibility index (Phi) is 7.66. The number of pyridine rings is 1. The van der Waals surface area contributed by atoms with Crippen molar-refractivity contribution in [1.82, 2.24) is 4.98 Å². The number of anilines is 1. The van der Waals surface area contributed by atoms with Crippen LogP contribution in [0.3, 0.4) is 0 Å². The molecule has 0 atom stereocenters. The third-order valence-corrected chi connectivity index (χ3v) is 4.76. The number of methoxy groups -OCH3 is 2. The molecule has 2 aromatic carbocycles. The molecule has 8 nitrogen and oxygen atoms in total. The van der Waals surface area contributed by atoms with Crippen LogP contribution in [0.5, 0.6) is 23.0 Å². The number of hydrogen-bond acceptors (Lipinski definition) is 7. The SMILES string of the molecule is COC(=O)c1cc(NC(=O)c2c(F)cc(C)cc2Oc2ccc(OC(F)(F)F)cc2OC)c(C)cn1. The van der Waals surface area contributed by atoms with Crippen molar-refractivity contribution in [2.75, 3.05) is 19.5 Å². The molecule has 190 valence electrons. The van der Waals surface area contributed by atoms with Crippen molar-refractivity contribution in [3.05, 3.63) is 70.8 Å². The van der Waals surface area contributed by atoms with Crippen LogP contribution in [-0.2, 0) is 4.74 Å². The fourth-order valence-electron chi connectivity index (χ4n) is 3.12. The molecule has 0 saturated heterocycles. The van der Waals surface area contributed by atoms with Gasteiger partial charge >= 0.3 is 12.3 Å². The van der Waals surface area contributed by atoms with Gasteiger partial charge in [0.15, 0.2) is 11.5 Å². The summed E-state index contributed by atoms with van der Waals surface area (Å²) in [5.74, 6) is -3.61. The molecule has 1 heterocycles. The Bertz CT molecular complexity index is 1310. The Balaban J connectivity index is 1.97. The quantitative estimate of drug-likeness (QED) is 0.329. The van der Waals surface area contributed by atoms with E-state index >= 15 is 0 Å². The number of aromatic nitrogens is 1. The number of carbonyl (C=O) groups excluding carboxylic acids is 2. The van der Waals surface area contributed by atoms with E-state index in [4.69, 9.17) is 9.47 Å². The number of nitrogens with zero attached hydrogens (tertiary/aromatic N) is 1. The first-order valence-electron chi connectivity index (χ1n) is 10.2. The molecule has 0 aliphatic carbocycles. The lowest BCUT2D eigenvalue weighted by Gasteiger charge is -2.17. The number of carbonyl (C=O) groups is 2. The molecule has 1 aromatic heterocycles. The first kappa shape index (κ1) is 26.3. The van der Waals surface area contributed by atoms with Gasteiger partial charge in [-0.25, -0.2) is 14.2 Å². The molecule has 0 bridgehead atoms. The van der Waals surface area contributed by atoms with Gasteiger partial charge in [0.05, 0.1) is 14.2 Å². The number of aryl methyl sites for hydroxylation is 2. The highest BCUT2D eigenvalue weighted by Crippen LogP contribution is 2.38. The van der Waals surface area contributed by atoms with Crippen molar-refractivity contribution in [3.8, 4) is 23.0 Å². The maximum Gasteiger partial charge on any atom is 0.573 e. The van der Waals surface area contributed by atoms with Crippen molar-refractivity contribution in [1.29, 1.82) is 0 Å². The van der Waals surface area contributed by atoms with Crippen molar-refractivity contribution >= 4 is 17.6 Å². The number of nitrogens with one attached hydrogen (secondary N) is 1. The first-order chi connectivity index (χ1) is 16.9. The Morgan fingerprint density at radius 3 is 2.33 bits per heavy atom. The Morgan fingerprint density at radius 2 is 1.69 bits per heavy atom. The second-order valence-corrected chi connectivity index (χ2v) is 7.41. The smallest absolute Gasteiger partial charge is 0.493 e. The molecule has 0 fully saturated rings. The minimum Gasteiger partial charge on any atom is -0.493 e. The van der Waals surface area contributed by atoms with Crippen LogP contribution >= 0.6 is 0 Å². The maximum absolute atomic E-state index is 15.0. The predicted octanol–water partition coefficient (Wildman–Crippen LogP) is 5.58. The molecule has 1 amide bonds. The lowest BCUT2D eigenvalue weighted by Crippen LogP contribution is -2.17. The lowest BCUT2D eigenvalue weighted by atomic mass is 10.1. The van der Waals surface area contributed by atoms with Crippen LogP contribution in [0, 0.1) is 19.7 Å². The van der Waals surface area contributed by atoms with Gasteiger partial charge in [-0.2, -0.15) is 0 Å². The van der Waals surface area contributed by atoms with E-state index in [2.05, 4.69) is 19.8 Å². The highest BCUT2D eigenvalue weighted by molar-refractivity contribution is 6.07. The maximum atomic E-state index is 15.0. The summed E-state index contributed by atoms with van der Waals surface area (Å²) in [5, 5.41) is 2.51. The van der Waals surface area contributed by atoms with Gasteiger partial charge < -0.3 is 24.3 Å². The fraction of sp³-hybridized carbons (Fsp3) is 0.208. The first-order valence-corrected chi connectivity index (χ1v) is 10.2. The van der Waals surface area contributed by atoms with Crippen LogP contribution in [0.15, 0.2) is 42.6 Å². The summed E-state index contributed by atoms with van der Waals surface area (Å²) < 4.78 is 71.8. The van der Waals surface area contributed by atoms with Gasteiger partial charge in [0.1, 0.15) is 28.6 Å². The van der Waals surface area contributed by atoms with Crippen molar-refractivity contribution in [3.63, 3.8) is 0 Å². The second kappa shape index (κ2) is 10.5. The Morgan fingerprint density at radius 1 is 0.972 bits per heavy atom. The largest absolute Gasteiger partial charge is 0.573 e. The number of benzene rings is 2. The summed E-state index contributed by atoms with van der Waals surface area (Å²) in [7, 11) is 2.36. The number of alkyl halides is 3. The van der Waals surface area contributed by atoms with Gasteiger partial charge in [-0.05, 0) is 55.3 Å². The van der Waals surface area contributed by atoms with Gasteiger partial charge in [-0.15, -0.1) is 13.2 Å². The van der Waals surface area contributed by atoms with Crippen LogP contribution in [-0.4, -0.2) is 37.4 Å². The van der Waals surface area contributed by atoms with Crippen LogP contribution < -0.4 is 19.5 Å². The molecule has 3 rings (SSSR count). The predicted molar refractivity (Wildman–Crippen MR) is 119 cm³/mol. The third kappa shape index (κ3) is 6.20. The lowest BCUT2D eigenvalue weighted by molar-refractivity contribution is -0.274. The molecule has 0 radical (unpaired) electrons. The number of esters is 1. The normalized spacial score (nSPS) is 11.0. The molecule has 0 aliphatic heterocycles. The van der Waals surface area contributed by atoms with Gasteiger partial charge in [-0.3, -0.25) is 4.79 Å². The number of halogens is 4. The Hall–Kier alpha value is -4.35. The third-order valence-electron chi connectivity index (χ3n) is 4.76. The van der Waals surface area contributed by atoms with E-state index in [0.717, 1.165) is 24.3 Å². The topological polar surface area (TPSA) is 96.0 Å². The van der Waals surface area contributed by atoms with Crippen LogP contribution in [0.4, 0.5) is 23.2 Å². The Labute approximate surface area is 202 Å². The molecule has 0 unspecified atom stereocenters. The molecule has 0 aliphatic rings.